The molecule has 0 aromatic carbocycles. The van der Waals surface area contributed by atoms with E-state index in [1.807, 2.05) is 0 Å². The van der Waals surface area contributed by atoms with Crippen molar-refractivity contribution in [1.82, 2.24) is 19.8 Å². The van der Waals surface area contributed by atoms with E-state index in [9.17, 15) is 9.59 Å². The molecular formula is C15H22N4O2S. The van der Waals surface area contributed by atoms with Gasteiger partial charge in [0.2, 0.25) is 5.91 Å². The van der Waals surface area contributed by atoms with Crippen molar-refractivity contribution in [2.24, 2.45) is 5.92 Å². The fourth-order valence-corrected chi connectivity index (χ4v) is 3.81. The Morgan fingerprint density at radius 3 is 2.50 bits per heavy atom. The van der Waals surface area contributed by atoms with E-state index in [1.54, 1.807) is 4.90 Å². The quantitative estimate of drug-likeness (QED) is 0.921. The van der Waals surface area contributed by atoms with Gasteiger partial charge in [0.25, 0.3) is 5.91 Å². The third kappa shape index (κ3) is 3.63. The number of carbonyl (C=O) groups is 2. The summed E-state index contributed by atoms with van der Waals surface area (Å²) in [5.74, 6) is 0.213. The van der Waals surface area contributed by atoms with Gasteiger partial charge < -0.3 is 10.2 Å². The summed E-state index contributed by atoms with van der Waals surface area (Å²) in [7, 11) is 0. The lowest BCUT2D eigenvalue weighted by Crippen LogP contribution is -2.45. The fourth-order valence-electron chi connectivity index (χ4n) is 3.33. The molecule has 1 aliphatic carbocycles. The van der Waals surface area contributed by atoms with E-state index >= 15 is 0 Å². The van der Waals surface area contributed by atoms with Gasteiger partial charge in [0.05, 0.1) is 6.20 Å². The first-order valence-electron chi connectivity index (χ1n) is 8.11. The molecule has 7 heteroatoms. The number of nitrogens with one attached hydrogen (secondary N) is 1. The summed E-state index contributed by atoms with van der Waals surface area (Å²) in [5, 5.41) is 6.90. The van der Waals surface area contributed by atoms with Gasteiger partial charge in [-0.1, -0.05) is 23.8 Å². The van der Waals surface area contributed by atoms with Crippen LogP contribution >= 0.6 is 11.5 Å². The summed E-state index contributed by atoms with van der Waals surface area (Å²) in [6, 6.07) is 0.365. The van der Waals surface area contributed by atoms with Crippen molar-refractivity contribution in [3.05, 3.63) is 11.1 Å². The predicted molar refractivity (Wildman–Crippen MR) is 83.6 cm³/mol. The van der Waals surface area contributed by atoms with E-state index in [1.165, 1.54) is 25.5 Å². The first kappa shape index (κ1) is 15.4. The highest BCUT2D eigenvalue weighted by Crippen LogP contribution is 2.22. The number of rotatable bonds is 3. The van der Waals surface area contributed by atoms with Gasteiger partial charge >= 0.3 is 0 Å². The monoisotopic (exact) mass is 322 g/mol. The van der Waals surface area contributed by atoms with Gasteiger partial charge in [0.1, 0.15) is 4.88 Å². The van der Waals surface area contributed by atoms with Crippen LogP contribution in [0.3, 0.4) is 0 Å². The van der Waals surface area contributed by atoms with Crippen LogP contribution in [0.2, 0.25) is 0 Å². The SMILES string of the molecule is O=C(NC1CCCCC1)C1CCN(C(=O)c2cnns2)CC1. The largest absolute Gasteiger partial charge is 0.353 e. The molecule has 2 amide bonds. The summed E-state index contributed by atoms with van der Waals surface area (Å²) < 4.78 is 3.73. The van der Waals surface area contributed by atoms with Gasteiger partial charge in [-0.2, -0.15) is 0 Å². The van der Waals surface area contributed by atoms with Crippen molar-refractivity contribution in [3.8, 4) is 0 Å². The first-order chi connectivity index (χ1) is 10.7. The molecule has 1 saturated heterocycles. The van der Waals surface area contributed by atoms with E-state index < -0.39 is 0 Å². The lowest BCUT2D eigenvalue weighted by molar-refractivity contribution is -0.127. The molecule has 120 valence electrons. The Kier molecular flexibility index (Phi) is 5.02. The summed E-state index contributed by atoms with van der Waals surface area (Å²) in [5.41, 5.74) is 0. The van der Waals surface area contributed by atoms with Gasteiger partial charge in [-0.05, 0) is 37.2 Å². The van der Waals surface area contributed by atoms with Crippen molar-refractivity contribution in [2.45, 2.75) is 51.0 Å². The van der Waals surface area contributed by atoms with Crippen LogP contribution in [0.1, 0.15) is 54.6 Å². The molecule has 6 nitrogen and oxygen atoms in total. The van der Waals surface area contributed by atoms with E-state index in [4.69, 9.17) is 0 Å². The number of carbonyl (C=O) groups excluding carboxylic acids is 2. The average Bonchev–Trinajstić information content (AvgIpc) is 3.10. The highest BCUT2D eigenvalue weighted by Gasteiger charge is 2.29. The van der Waals surface area contributed by atoms with Crippen LogP contribution < -0.4 is 5.32 Å². The molecule has 3 rings (SSSR count). The number of hydrogen-bond donors (Lipinski definition) is 1. The van der Waals surface area contributed by atoms with Crippen LogP contribution in [-0.4, -0.2) is 45.4 Å². The smallest absolute Gasteiger partial charge is 0.267 e. The highest BCUT2D eigenvalue weighted by atomic mass is 32.1. The van der Waals surface area contributed by atoms with Crippen LogP contribution in [0.15, 0.2) is 6.20 Å². The number of piperidine rings is 1. The Labute approximate surface area is 134 Å². The van der Waals surface area contributed by atoms with Gasteiger partial charge in [-0.25, -0.2) is 0 Å². The third-order valence-corrected chi connectivity index (χ3v) is 5.33. The zero-order valence-electron chi connectivity index (χ0n) is 12.7. The molecule has 1 saturated carbocycles. The molecule has 1 N–H and O–H groups in total. The van der Waals surface area contributed by atoms with Crippen LogP contribution in [0, 0.1) is 5.92 Å². The minimum atomic E-state index is -0.0128. The Bertz CT molecular complexity index is 506. The maximum absolute atomic E-state index is 12.3. The Morgan fingerprint density at radius 1 is 1.14 bits per heavy atom. The average molecular weight is 322 g/mol. The number of nitrogens with zero attached hydrogens (tertiary/aromatic N) is 3. The normalized spacial score (nSPS) is 20.8. The summed E-state index contributed by atoms with van der Waals surface area (Å²) >= 11 is 1.12. The standard InChI is InChI=1S/C15H22N4O2S/c20-14(17-12-4-2-1-3-5-12)11-6-8-19(9-7-11)15(21)13-10-16-18-22-13/h10-12H,1-9H2,(H,17,20). The number of hydrogen-bond acceptors (Lipinski definition) is 5. The Balaban J connectivity index is 1.46. The minimum Gasteiger partial charge on any atom is -0.353 e. The Morgan fingerprint density at radius 2 is 1.86 bits per heavy atom. The second-order valence-electron chi connectivity index (χ2n) is 6.19. The van der Waals surface area contributed by atoms with Crippen LogP contribution in [0.5, 0.6) is 0 Å². The van der Waals surface area contributed by atoms with Gasteiger partial charge in [-0.15, -0.1) is 5.10 Å². The topological polar surface area (TPSA) is 75.2 Å². The predicted octanol–water partition coefficient (Wildman–Crippen LogP) is 1.84. The zero-order valence-corrected chi connectivity index (χ0v) is 13.5. The second kappa shape index (κ2) is 7.17. The van der Waals surface area contributed by atoms with Crippen molar-refractivity contribution in [1.29, 1.82) is 0 Å². The maximum Gasteiger partial charge on any atom is 0.267 e. The molecule has 0 bridgehead atoms. The van der Waals surface area contributed by atoms with E-state index in [2.05, 4.69) is 14.9 Å². The van der Waals surface area contributed by atoms with Crippen molar-refractivity contribution < 1.29 is 9.59 Å². The molecule has 1 aromatic heterocycles. The molecule has 1 aromatic rings. The van der Waals surface area contributed by atoms with Crippen LogP contribution in [0.25, 0.3) is 0 Å². The molecule has 0 radical (unpaired) electrons. The van der Waals surface area contributed by atoms with E-state index in [0.29, 0.717) is 24.0 Å². The molecule has 2 fully saturated rings. The molecule has 22 heavy (non-hydrogen) atoms. The Hall–Kier alpha value is -1.50. The van der Waals surface area contributed by atoms with Gasteiger partial charge in [0, 0.05) is 25.0 Å². The lowest BCUT2D eigenvalue weighted by Gasteiger charge is -2.32. The number of amides is 2. The lowest BCUT2D eigenvalue weighted by atomic mass is 9.92. The summed E-state index contributed by atoms with van der Waals surface area (Å²) in [6.07, 6.45) is 8.96. The maximum atomic E-state index is 12.3. The molecule has 2 heterocycles. The molecule has 0 spiro atoms. The molecule has 0 unspecified atom stereocenters. The molecule has 1 aliphatic heterocycles. The molecule has 0 atom stereocenters. The van der Waals surface area contributed by atoms with Gasteiger partial charge in [0.15, 0.2) is 0 Å². The molecular weight excluding hydrogens is 300 g/mol. The second-order valence-corrected chi connectivity index (χ2v) is 6.98. The minimum absolute atomic E-state index is 0.0128. The number of likely N-dealkylation sites (tertiary alicyclic amines) is 1. The fraction of sp³-hybridized carbons (Fsp3) is 0.733. The third-order valence-electron chi connectivity index (χ3n) is 4.68. The van der Waals surface area contributed by atoms with Crippen molar-refractivity contribution in [2.75, 3.05) is 13.1 Å². The first-order valence-corrected chi connectivity index (χ1v) is 8.88. The van der Waals surface area contributed by atoms with Crippen molar-refractivity contribution in [3.63, 3.8) is 0 Å². The van der Waals surface area contributed by atoms with Gasteiger partial charge in [-0.3, -0.25) is 9.59 Å². The highest BCUT2D eigenvalue weighted by molar-refractivity contribution is 7.07. The van der Waals surface area contributed by atoms with Crippen molar-refractivity contribution >= 4 is 23.3 Å². The van der Waals surface area contributed by atoms with E-state index in [-0.39, 0.29) is 17.7 Å². The summed E-state index contributed by atoms with van der Waals surface area (Å²) in [6.45, 7) is 1.28. The van der Waals surface area contributed by atoms with Crippen LogP contribution in [-0.2, 0) is 4.79 Å². The van der Waals surface area contributed by atoms with E-state index in [0.717, 1.165) is 37.2 Å². The summed E-state index contributed by atoms with van der Waals surface area (Å²) in [4.78, 5) is 26.9. The number of aromatic nitrogens is 2. The van der Waals surface area contributed by atoms with Crippen LogP contribution in [0.4, 0.5) is 0 Å². The zero-order chi connectivity index (χ0) is 15.4. The molecule has 2 aliphatic rings.